The summed E-state index contributed by atoms with van der Waals surface area (Å²) in [6.07, 6.45) is 3.07. The molecule has 0 aromatic carbocycles. The van der Waals surface area contributed by atoms with Crippen molar-refractivity contribution in [3.05, 3.63) is 0 Å². The van der Waals surface area contributed by atoms with Crippen LogP contribution in [0.1, 0.15) is 19.3 Å². The van der Waals surface area contributed by atoms with E-state index in [1.165, 1.54) is 0 Å². The second kappa shape index (κ2) is 7.18. The maximum absolute atomic E-state index is 11.3. The molecule has 0 bridgehead atoms. The Bertz CT molecular complexity index is 303. The van der Waals surface area contributed by atoms with Crippen LogP contribution in [-0.2, 0) is 14.3 Å². The van der Waals surface area contributed by atoms with Crippen LogP contribution < -0.4 is 16.4 Å². The summed E-state index contributed by atoms with van der Waals surface area (Å²) in [6, 6.07) is 0. The summed E-state index contributed by atoms with van der Waals surface area (Å²) in [5.41, 5.74) is 5.20. The molecule has 6 nitrogen and oxygen atoms in total. The molecule has 1 saturated heterocycles. The molecule has 1 aliphatic rings. The number of ether oxygens (including phenoxy) is 1. The Balaban J connectivity index is 2.19. The molecule has 1 heterocycles. The van der Waals surface area contributed by atoms with E-state index < -0.39 is 11.8 Å². The summed E-state index contributed by atoms with van der Waals surface area (Å²) in [4.78, 5) is 22.7. The van der Waals surface area contributed by atoms with Crippen LogP contribution in [0.4, 0.5) is 0 Å². The van der Waals surface area contributed by atoms with E-state index in [2.05, 4.69) is 22.9 Å². The van der Waals surface area contributed by atoms with Gasteiger partial charge in [0.2, 0.25) is 0 Å². The van der Waals surface area contributed by atoms with Gasteiger partial charge < -0.3 is 21.1 Å². The fourth-order valence-corrected chi connectivity index (χ4v) is 1.58. The number of hydrogen-bond acceptors (Lipinski definition) is 4. The molecule has 96 valence electrons. The fraction of sp³-hybridized carbons (Fsp3) is 0.700. The van der Waals surface area contributed by atoms with Gasteiger partial charge in [0.25, 0.3) is 0 Å². The standard InChI is InChI=1S/C10H17N3O3S/c11-8(17)6-13-10(15)9(14)12-5-7-3-1-2-4-16-7/h7H,1-6H2,(H2,11,17)(H,12,14)(H,13,15). The molecule has 17 heavy (non-hydrogen) atoms. The van der Waals surface area contributed by atoms with Crippen molar-refractivity contribution in [2.75, 3.05) is 19.7 Å². The Hall–Kier alpha value is -1.21. The molecule has 7 heteroatoms. The van der Waals surface area contributed by atoms with Crippen LogP contribution in [0.5, 0.6) is 0 Å². The summed E-state index contributed by atoms with van der Waals surface area (Å²) in [7, 11) is 0. The summed E-state index contributed by atoms with van der Waals surface area (Å²) in [5.74, 6) is -1.41. The van der Waals surface area contributed by atoms with Crippen molar-refractivity contribution in [1.82, 2.24) is 10.6 Å². The minimum atomic E-state index is -0.728. The zero-order valence-electron chi connectivity index (χ0n) is 9.53. The van der Waals surface area contributed by atoms with Crippen LogP contribution in [0.25, 0.3) is 0 Å². The number of nitrogens with two attached hydrogens (primary N) is 1. The molecule has 0 saturated carbocycles. The highest BCUT2D eigenvalue weighted by Gasteiger charge is 2.17. The van der Waals surface area contributed by atoms with E-state index in [4.69, 9.17) is 10.5 Å². The van der Waals surface area contributed by atoms with Crippen LogP contribution in [0, 0.1) is 0 Å². The largest absolute Gasteiger partial charge is 0.392 e. The molecule has 0 aromatic rings. The van der Waals surface area contributed by atoms with Gasteiger partial charge >= 0.3 is 11.8 Å². The first-order chi connectivity index (χ1) is 8.09. The van der Waals surface area contributed by atoms with Gasteiger partial charge in [0.15, 0.2) is 0 Å². The second-order valence-electron chi connectivity index (χ2n) is 3.85. The van der Waals surface area contributed by atoms with Gasteiger partial charge in [0.05, 0.1) is 17.6 Å². The lowest BCUT2D eigenvalue weighted by Gasteiger charge is -2.22. The minimum Gasteiger partial charge on any atom is -0.392 e. The lowest BCUT2D eigenvalue weighted by molar-refractivity contribution is -0.139. The summed E-state index contributed by atoms with van der Waals surface area (Å²) < 4.78 is 5.42. The number of rotatable bonds is 4. The first-order valence-corrected chi connectivity index (χ1v) is 5.96. The van der Waals surface area contributed by atoms with Crippen LogP contribution in [0.3, 0.4) is 0 Å². The third-order valence-corrected chi connectivity index (χ3v) is 2.54. The third-order valence-electron chi connectivity index (χ3n) is 2.39. The molecule has 1 unspecified atom stereocenters. The van der Waals surface area contributed by atoms with E-state index in [0.29, 0.717) is 13.2 Å². The topological polar surface area (TPSA) is 93.5 Å². The van der Waals surface area contributed by atoms with Crippen molar-refractivity contribution in [2.24, 2.45) is 5.73 Å². The van der Waals surface area contributed by atoms with Crippen molar-refractivity contribution >= 4 is 29.0 Å². The van der Waals surface area contributed by atoms with E-state index >= 15 is 0 Å². The summed E-state index contributed by atoms with van der Waals surface area (Å²) in [6.45, 7) is 1.11. The molecule has 1 fully saturated rings. The SMILES string of the molecule is NC(=S)CNC(=O)C(=O)NCC1CCCCO1. The quantitative estimate of drug-likeness (QED) is 0.448. The molecule has 0 radical (unpaired) electrons. The van der Waals surface area contributed by atoms with Crippen LogP contribution >= 0.6 is 12.2 Å². The molecular formula is C10H17N3O3S. The van der Waals surface area contributed by atoms with E-state index in [9.17, 15) is 9.59 Å². The highest BCUT2D eigenvalue weighted by atomic mass is 32.1. The van der Waals surface area contributed by atoms with Crippen molar-refractivity contribution < 1.29 is 14.3 Å². The van der Waals surface area contributed by atoms with Gasteiger partial charge in [-0.3, -0.25) is 9.59 Å². The van der Waals surface area contributed by atoms with Gasteiger partial charge in [0, 0.05) is 13.2 Å². The van der Waals surface area contributed by atoms with Gasteiger partial charge in [0.1, 0.15) is 0 Å². The van der Waals surface area contributed by atoms with Crippen LogP contribution in [-0.4, -0.2) is 42.6 Å². The number of carbonyl (C=O) groups is 2. The van der Waals surface area contributed by atoms with Crippen LogP contribution in [0.15, 0.2) is 0 Å². The Morgan fingerprint density at radius 2 is 2.00 bits per heavy atom. The molecule has 0 aliphatic carbocycles. The molecule has 2 amide bonds. The highest BCUT2D eigenvalue weighted by molar-refractivity contribution is 7.80. The van der Waals surface area contributed by atoms with Crippen molar-refractivity contribution in [3.63, 3.8) is 0 Å². The molecule has 0 aromatic heterocycles. The van der Waals surface area contributed by atoms with Gasteiger partial charge in [-0.05, 0) is 19.3 Å². The fourth-order valence-electron chi connectivity index (χ4n) is 1.50. The Kier molecular flexibility index (Phi) is 5.85. The number of hydrogen-bond donors (Lipinski definition) is 3. The number of carbonyl (C=O) groups excluding carboxylic acids is 2. The number of thiocarbonyl (C=S) groups is 1. The molecule has 1 rings (SSSR count). The first kappa shape index (κ1) is 13.9. The number of amides is 2. The molecule has 4 N–H and O–H groups in total. The average molecular weight is 259 g/mol. The maximum Gasteiger partial charge on any atom is 0.309 e. The van der Waals surface area contributed by atoms with E-state index in [0.717, 1.165) is 19.3 Å². The van der Waals surface area contributed by atoms with Crippen LogP contribution in [0.2, 0.25) is 0 Å². The predicted octanol–water partition coefficient (Wildman–Crippen LogP) is -0.926. The Labute approximate surface area is 105 Å². The molecule has 1 atom stereocenters. The number of nitrogens with one attached hydrogen (secondary N) is 2. The molecular weight excluding hydrogens is 242 g/mol. The normalized spacial score (nSPS) is 19.4. The molecule has 0 spiro atoms. The predicted molar refractivity (Wildman–Crippen MR) is 66.4 cm³/mol. The smallest absolute Gasteiger partial charge is 0.309 e. The lowest BCUT2D eigenvalue weighted by Crippen LogP contribution is -2.45. The van der Waals surface area contributed by atoms with Crippen molar-refractivity contribution in [1.29, 1.82) is 0 Å². The zero-order chi connectivity index (χ0) is 12.7. The summed E-state index contributed by atoms with van der Waals surface area (Å²) >= 11 is 4.58. The summed E-state index contributed by atoms with van der Waals surface area (Å²) in [5, 5.41) is 4.83. The lowest BCUT2D eigenvalue weighted by atomic mass is 10.1. The van der Waals surface area contributed by atoms with Gasteiger partial charge in [-0.15, -0.1) is 0 Å². The van der Waals surface area contributed by atoms with Gasteiger partial charge in [-0.1, -0.05) is 12.2 Å². The maximum atomic E-state index is 11.3. The van der Waals surface area contributed by atoms with E-state index in [1.807, 2.05) is 0 Å². The highest BCUT2D eigenvalue weighted by Crippen LogP contribution is 2.11. The van der Waals surface area contributed by atoms with Gasteiger partial charge in [-0.25, -0.2) is 0 Å². The van der Waals surface area contributed by atoms with Crippen molar-refractivity contribution in [3.8, 4) is 0 Å². The Morgan fingerprint density at radius 3 is 2.59 bits per heavy atom. The average Bonchev–Trinajstić information content (AvgIpc) is 2.34. The van der Waals surface area contributed by atoms with E-state index in [-0.39, 0.29) is 17.6 Å². The van der Waals surface area contributed by atoms with Gasteiger partial charge in [-0.2, -0.15) is 0 Å². The molecule has 1 aliphatic heterocycles. The first-order valence-electron chi connectivity index (χ1n) is 5.55. The second-order valence-corrected chi connectivity index (χ2v) is 4.37. The van der Waals surface area contributed by atoms with Crippen molar-refractivity contribution in [2.45, 2.75) is 25.4 Å². The van der Waals surface area contributed by atoms with E-state index in [1.54, 1.807) is 0 Å². The Morgan fingerprint density at radius 1 is 1.29 bits per heavy atom. The third kappa shape index (κ3) is 5.60. The minimum absolute atomic E-state index is 0.0103. The monoisotopic (exact) mass is 259 g/mol. The zero-order valence-corrected chi connectivity index (χ0v) is 10.3.